The summed E-state index contributed by atoms with van der Waals surface area (Å²) in [5.74, 6) is 0. The molecule has 0 fully saturated rings. The Morgan fingerprint density at radius 3 is 1.41 bits per heavy atom. The van der Waals surface area contributed by atoms with Crippen molar-refractivity contribution < 1.29 is 0 Å². The maximum absolute atomic E-state index is 4.12. The van der Waals surface area contributed by atoms with Gasteiger partial charge >= 0.3 is 0 Å². The molecule has 0 amide bonds. The third-order valence-corrected chi connectivity index (χ3v) is 5.88. The topological polar surface area (TPSA) is 0 Å². The van der Waals surface area contributed by atoms with Crippen LogP contribution in [0.15, 0.2) is 134 Å². The monoisotopic (exact) mass is 408 g/mol. The van der Waals surface area contributed by atoms with Crippen LogP contribution in [0.5, 0.6) is 0 Å². The van der Waals surface area contributed by atoms with E-state index < -0.39 is 0 Å². The number of hydrogen-bond donors (Lipinski definition) is 0. The molecule has 5 rings (SSSR count). The molecule has 0 heterocycles. The van der Waals surface area contributed by atoms with Crippen molar-refractivity contribution in [1.82, 2.24) is 0 Å². The molecule has 0 nitrogen and oxygen atoms in total. The molecule has 0 aliphatic carbocycles. The average Bonchev–Trinajstić information content (AvgIpc) is 2.89. The van der Waals surface area contributed by atoms with E-state index in [0.717, 1.165) is 5.56 Å². The first-order valence-corrected chi connectivity index (χ1v) is 10.9. The summed E-state index contributed by atoms with van der Waals surface area (Å²) in [6.07, 6.45) is 1.96. The molecule has 0 spiro atoms. The van der Waals surface area contributed by atoms with E-state index in [-0.39, 0.29) is 0 Å². The summed E-state index contributed by atoms with van der Waals surface area (Å²) < 4.78 is 0. The fourth-order valence-corrected chi connectivity index (χ4v) is 4.42. The highest BCUT2D eigenvalue weighted by Gasteiger charge is 2.18. The molecule has 32 heavy (non-hydrogen) atoms. The van der Waals surface area contributed by atoms with E-state index in [4.69, 9.17) is 0 Å². The highest BCUT2D eigenvalue weighted by Crippen LogP contribution is 2.44. The van der Waals surface area contributed by atoms with Gasteiger partial charge in [-0.25, -0.2) is 0 Å². The van der Waals surface area contributed by atoms with Gasteiger partial charge < -0.3 is 0 Å². The molecule has 0 unspecified atom stereocenters. The van der Waals surface area contributed by atoms with E-state index in [0.29, 0.717) is 0 Å². The number of hydrogen-bond acceptors (Lipinski definition) is 0. The summed E-state index contributed by atoms with van der Waals surface area (Å²) in [6, 6.07) is 45.0. The summed E-state index contributed by atoms with van der Waals surface area (Å²) in [7, 11) is 0. The van der Waals surface area contributed by atoms with Gasteiger partial charge in [-0.15, -0.1) is 0 Å². The van der Waals surface area contributed by atoms with Crippen LogP contribution in [0.3, 0.4) is 0 Å². The van der Waals surface area contributed by atoms with Crippen LogP contribution in [0.25, 0.3) is 50.6 Å². The molecule has 0 heteroatoms. The molecular weight excluding hydrogens is 384 g/mol. The molecule has 5 aromatic carbocycles. The molecule has 0 radical (unpaired) electrons. The molecule has 0 aliphatic rings. The Hall–Kier alpha value is -4.16. The van der Waals surface area contributed by atoms with Gasteiger partial charge in [-0.2, -0.15) is 0 Å². The van der Waals surface area contributed by atoms with E-state index in [1.165, 1.54) is 44.5 Å². The van der Waals surface area contributed by atoms with Crippen LogP contribution in [-0.2, 0) is 0 Å². The SMILES string of the molecule is C=Cc1ccc(-c2ccccc2-c2ccccc2)c(-c2ccccc2)c1-c1ccccc1. The van der Waals surface area contributed by atoms with E-state index >= 15 is 0 Å². The van der Waals surface area contributed by atoms with E-state index in [9.17, 15) is 0 Å². The summed E-state index contributed by atoms with van der Waals surface area (Å²) in [4.78, 5) is 0. The third-order valence-electron chi connectivity index (χ3n) is 5.88. The minimum Gasteiger partial charge on any atom is -0.0984 e. The van der Waals surface area contributed by atoms with Crippen LogP contribution in [0.1, 0.15) is 5.56 Å². The van der Waals surface area contributed by atoms with E-state index in [1.54, 1.807) is 0 Å². The number of rotatable bonds is 5. The second-order valence-corrected chi connectivity index (χ2v) is 7.80. The molecule has 0 aliphatic heterocycles. The van der Waals surface area contributed by atoms with Crippen molar-refractivity contribution in [2.45, 2.75) is 0 Å². The van der Waals surface area contributed by atoms with Crippen molar-refractivity contribution in [3.8, 4) is 44.5 Å². The molecule has 0 saturated carbocycles. The minimum atomic E-state index is 1.14. The Bertz CT molecular complexity index is 1350. The van der Waals surface area contributed by atoms with Gasteiger partial charge in [-0.1, -0.05) is 140 Å². The van der Waals surface area contributed by atoms with Crippen LogP contribution in [0, 0.1) is 0 Å². The normalized spacial score (nSPS) is 10.6. The quantitative estimate of drug-likeness (QED) is 0.272. The smallest absolute Gasteiger partial charge is 0.00206 e. The largest absolute Gasteiger partial charge is 0.0984 e. The highest BCUT2D eigenvalue weighted by atomic mass is 14.2. The lowest BCUT2D eigenvalue weighted by molar-refractivity contribution is 1.53. The maximum atomic E-state index is 4.12. The van der Waals surface area contributed by atoms with Gasteiger partial charge in [0.1, 0.15) is 0 Å². The molecule has 152 valence electrons. The Morgan fingerprint density at radius 1 is 0.375 bits per heavy atom. The predicted molar refractivity (Wildman–Crippen MR) is 138 cm³/mol. The zero-order chi connectivity index (χ0) is 21.8. The highest BCUT2D eigenvalue weighted by molar-refractivity contribution is 6.00. The Labute approximate surface area is 190 Å². The molecular formula is C32H24. The van der Waals surface area contributed by atoms with Crippen LogP contribution in [0.2, 0.25) is 0 Å². The second-order valence-electron chi connectivity index (χ2n) is 7.80. The van der Waals surface area contributed by atoms with Gasteiger partial charge in [0.15, 0.2) is 0 Å². The Balaban J connectivity index is 1.87. The summed E-state index contributed by atoms with van der Waals surface area (Å²) in [5.41, 5.74) is 10.9. The Morgan fingerprint density at radius 2 is 0.844 bits per heavy atom. The third kappa shape index (κ3) is 3.68. The van der Waals surface area contributed by atoms with Gasteiger partial charge in [0.05, 0.1) is 0 Å². The van der Waals surface area contributed by atoms with E-state index in [1.807, 2.05) is 6.08 Å². The van der Waals surface area contributed by atoms with Crippen LogP contribution in [0.4, 0.5) is 0 Å². The first-order chi connectivity index (χ1) is 15.9. The first kappa shape index (κ1) is 19.8. The van der Waals surface area contributed by atoms with Crippen molar-refractivity contribution >= 4 is 6.08 Å². The standard InChI is InChI=1S/C32H24/c1-2-24-22-23-30(29-21-13-12-20-28(29)25-14-6-3-7-15-25)32(27-18-10-5-11-19-27)31(24)26-16-8-4-9-17-26/h2-23H,1H2. The predicted octanol–water partition coefficient (Wildman–Crippen LogP) is 9.00. The average molecular weight is 409 g/mol. The molecule has 0 atom stereocenters. The van der Waals surface area contributed by atoms with Crippen LogP contribution >= 0.6 is 0 Å². The first-order valence-electron chi connectivity index (χ1n) is 10.9. The van der Waals surface area contributed by atoms with E-state index in [2.05, 4.69) is 134 Å². The molecule has 0 N–H and O–H groups in total. The molecule has 0 saturated heterocycles. The summed E-state index contributed by atoms with van der Waals surface area (Å²) >= 11 is 0. The zero-order valence-electron chi connectivity index (χ0n) is 17.9. The second kappa shape index (κ2) is 8.91. The summed E-state index contributed by atoms with van der Waals surface area (Å²) in [5, 5.41) is 0. The lowest BCUT2D eigenvalue weighted by Crippen LogP contribution is -1.95. The van der Waals surface area contributed by atoms with Gasteiger partial charge in [-0.05, 0) is 50.1 Å². The molecule has 0 aromatic heterocycles. The van der Waals surface area contributed by atoms with Gasteiger partial charge in [0.25, 0.3) is 0 Å². The van der Waals surface area contributed by atoms with Crippen molar-refractivity contribution in [3.05, 3.63) is 140 Å². The molecule has 5 aromatic rings. The van der Waals surface area contributed by atoms with Gasteiger partial charge in [-0.3, -0.25) is 0 Å². The summed E-state index contributed by atoms with van der Waals surface area (Å²) in [6.45, 7) is 4.12. The molecule has 0 bridgehead atoms. The maximum Gasteiger partial charge on any atom is -0.00206 e. The lowest BCUT2D eigenvalue weighted by atomic mass is 9.83. The number of benzene rings is 5. The van der Waals surface area contributed by atoms with Crippen LogP contribution in [-0.4, -0.2) is 0 Å². The van der Waals surface area contributed by atoms with Crippen molar-refractivity contribution in [3.63, 3.8) is 0 Å². The zero-order valence-corrected chi connectivity index (χ0v) is 17.9. The minimum absolute atomic E-state index is 1.14. The van der Waals surface area contributed by atoms with Gasteiger partial charge in [0, 0.05) is 0 Å². The van der Waals surface area contributed by atoms with Crippen molar-refractivity contribution in [2.24, 2.45) is 0 Å². The van der Waals surface area contributed by atoms with Crippen LogP contribution < -0.4 is 0 Å². The Kier molecular flexibility index (Phi) is 5.51. The fourth-order valence-electron chi connectivity index (χ4n) is 4.42. The lowest BCUT2D eigenvalue weighted by Gasteiger charge is -2.20. The fraction of sp³-hybridized carbons (Fsp3) is 0. The van der Waals surface area contributed by atoms with Gasteiger partial charge in [0.2, 0.25) is 0 Å². The van der Waals surface area contributed by atoms with Crippen molar-refractivity contribution in [1.29, 1.82) is 0 Å². The van der Waals surface area contributed by atoms with Crippen molar-refractivity contribution in [2.75, 3.05) is 0 Å².